The van der Waals surface area contributed by atoms with Crippen LogP contribution in [0.3, 0.4) is 0 Å². The molecule has 6 heterocycles. The summed E-state index contributed by atoms with van der Waals surface area (Å²) >= 11 is 0. The molecular formula is C42H51N9O7. The van der Waals surface area contributed by atoms with E-state index in [4.69, 9.17) is 4.74 Å². The molecule has 3 aromatic rings. The molecule has 0 spiro atoms. The Morgan fingerprint density at radius 1 is 0.914 bits per heavy atom. The van der Waals surface area contributed by atoms with Crippen molar-refractivity contribution in [1.29, 1.82) is 0 Å². The molecule has 4 N–H and O–H groups in total. The van der Waals surface area contributed by atoms with Crippen LogP contribution in [-0.2, 0) is 19.1 Å². The lowest BCUT2D eigenvalue weighted by molar-refractivity contribution is -0.168. The number of anilines is 3. The molecule has 1 aromatic heterocycles. The Balaban J connectivity index is 0.824. The molecule has 58 heavy (non-hydrogen) atoms. The summed E-state index contributed by atoms with van der Waals surface area (Å²) < 4.78 is 5.26. The second kappa shape index (κ2) is 16.0. The zero-order valence-electron chi connectivity index (χ0n) is 33.2. The van der Waals surface area contributed by atoms with Gasteiger partial charge in [0.25, 0.3) is 17.7 Å². The molecule has 8 rings (SSSR count). The number of benzene rings is 2. The van der Waals surface area contributed by atoms with Crippen molar-refractivity contribution in [2.45, 2.75) is 83.5 Å². The summed E-state index contributed by atoms with van der Waals surface area (Å²) in [5.74, 6) is -2.03. The Bertz CT molecular complexity index is 2110. The molecule has 2 aromatic carbocycles. The highest BCUT2D eigenvalue weighted by molar-refractivity contribution is 6.25. The van der Waals surface area contributed by atoms with E-state index in [1.54, 1.807) is 45.0 Å². The maximum atomic E-state index is 14.0. The number of aromatic hydroxyl groups is 1. The monoisotopic (exact) mass is 793 g/mol. The van der Waals surface area contributed by atoms with Crippen molar-refractivity contribution in [1.82, 2.24) is 30.2 Å². The number of hydrogen-bond donors (Lipinski definition) is 4. The Kier molecular flexibility index (Phi) is 10.8. The van der Waals surface area contributed by atoms with Gasteiger partial charge >= 0.3 is 5.97 Å². The number of phenols is 1. The number of nitrogens with one attached hydrogen (secondary N) is 3. The molecule has 306 valence electrons. The number of carbonyl (C=O) groups excluding carboxylic acids is 5. The van der Waals surface area contributed by atoms with Gasteiger partial charge in [-0.25, -0.2) is 4.90 Å². The van der Waals surface area contributed by atoms with Gasteiger partial charge < -0.3 is 35.6 Å². The number of nitrogens with zero attached hydrogens (tertiary/aromatic N) is 6. The van der Waals surface area contributed by atoms with Crippen molar-refractivity contribution in [2.24, 2.45) is 5.41 Å². The van der Waals surface area contributed by atoms with Gasteiger partial charge in [0, 0.05) is 50.2 Å². The number of likely N-dealkylation sites (tertiary alicyclic amines) is 2. The van der Waals surface area contributed by atoms with E-state index in [1.807, 2.05) is 24.3 Å². The van der Waals surface area contributed by atoms with Gasteiger partial charge in [0.15, 0.2) is 12.5 Å². The molecule has 2 atom stereocenters. The number of piperidine rings is 3. The highest BCUT2D eigenvalue weighted by atomic mass is 16.5. The summed E-state index contributed by atoms with van der Waals surface area (Å²) in [7, 11) is 0. The molecule has 0 radical (unpaired) electrons. The van der Waals surface area contributed by atoms with Crippen LogP contribution in [0.15, 0.2) is 48.5 Å². The Morgan fingerprint density at radius 3 is 2.40 bits per heavy atom. The second-order valence-corrected chi connectivity index (χ2v) is 16.9. The number of hydrogen-bond acceptors (Lipinski definition) is 14. The van der Waals surface area contributed by atoms with Gasteiger partial charge in [0.2, 0.25) is 5.91 Å². The molecule has 0 bridgehead atoms. The highest BCUT2D eigenvalue weighted by Gasteiger charge is 2.48. The lowest BCUT2D eigenvalue weighted by Gasteiger charge is -2.43. The van der Waals surface area contributed by atoms with Gasteiger partial charge in [-0.05, 0) is 96.3 Å². The molecule has 5 aliphatic heterocycles. The molecule has 5 aliphatic rings. The number of carbonyl (C=O) groups is 5. The molecule has 0 saturated carbocycles. The lowest BCUT2D eigenvalue weighted by Crippen LogP contribution is -2.56. The van der Waals surface area contributed by atoms with Crippen LogP contribution in [0.2, 0.25) is 0 Å². The third kappa shape index (κ3) is 7.69. The molecule has 3 saturated heterocycles. The zero-order chi connectivity index (χ0) is 40.7. The van der Waals surface area contributed by atoms with Crippen LogP contribution in [0.5, 0.6) is 5.75 Å². The van der Waals surface area contributed by atoms with E-state index in [2.05, 4.69) is 35.9 Å². The second-order valence-electron chi connectivity index (χ2n) is 16.9. The lowest BCUT2D eigenvalue weighted by atomic mass is 9.96. The van der Waals surface area contributed by atoms with Gasteiger partial charge in [-0.3, -0.25) is 28.9 Å². The van der Waals surface area contributed by atoms with Crippen LogP contribution in [0.4, 0.5) is 17.2 Å². The van der Waals surface area contributed by atoms with Crippen LogP contribution in [-0.4, -0.2) is 130 Å². The van der Waals surface area contributed by atoms with E-state index in [-0.39, 0.29) is 30.2 Å². The summed E-state index contributed by atoms with van der Waals surface area (Å²) in [5, 5.41) is 29.7. The highest BCUT2D eigenvalue weighted by Crippen LogP contribution is 2.37. The van der Waals surface area contributed by atoms with Gasteiger partial charge in [-0.1, -0.05) is 18.2 Å². The van der Waals surface area contributed by atoms with Gasteiger partial charge in [-0.2, -0.15) is 0 Å². The van der Waals surface area contributed by atoms with Gasteiger partial charge in [-0.15, -0.1) is 10.2 Å². The van der Waals surface area contributed by atoms with Crippen molar-refractivity contribution in [3.8, 4) is 17.0 Å². The molecular weight excluding hydrogens is 743 g/mol. The summed E-state index contributed by atoms with van der Waals surface area (Å²) in [6.07, 6.45) is 3.88. The number of ether oxygens (including phenoxy) is 1. The summed E-state index contributed by atoms with van der Waals surface area (Å²) in [6.45, 7) is 9.39. The van der Waals surface area contributed by atoms with Crippen LogP contribution in [0.1, 0.15) is 80.0 Å². The fourth-order valence-corrected chi connectivity index (χ4v) is 8.69. The molecule has 1 unspecified atom stereocenters. The fourth-order valence-electron chi connectivity index (χ4n) is 8.69. The van der Waals surface area contributed by atoms with E-state index < -0.39 is 47.8 Å². The Hall–Kier alpha value is -5.61. The van der Waals surface area contributed by atoms with Crippen molar-refractivity contribution in [3.05, 3.63) is 59.7 Å². The predicted molar refractivity (Wildman–Crippen MR) is 215 cm³/mol. The number of para-hydroxylation sites is 1. The van der Waals surface area contributed by atoms with Crippen LogP contribution in [0.25, 0.3) is 11.3 Å². The molecule has 0 aliphatic carbocycles. The van der Waals surface area contributed by atoms with E-state index in [1.165, 1.54) is 0 Å². The molecule has 4 amide bonds. The number of fused-ring (bicyclic) bond motifs is 2. The predicted octanol–water partition coefficient (Wildman–Crippen LogP) is 3.44. The maximum absolute atomic E-state index is 14.0. The fraction of sp³-hybridized carbons (Fsp3) is 0.500. The first kappa shape index (κ1) is 39.2. The van der Waals surface area contributed by atoms with Crippen LogP contribution in [0, 0.1) is 5.41 Å². The Morgan fingerprint density at radius 2 is 1.66 bits per heavy atom. The Labute approximate surface area is 337 Å². The SMILES string of the molecule is CC(C)(C)C(=O)OCN1C(=O)CCC(N2C(=O)c3cccc(N4CCC(N5CCC(NC[C@@H]6CNc7nnc(-c8ccccc8O)cc7N6)CC5)CC4)c3C2=O)C1=O. The van der Waals surface area contributed by atoms with E-state index in [0.29, 0.717) is 40.4 Å². The summed E-state index contributed by atoms with van der Waals surface area (Å²) in [6, 6.07) is 14.1. The summed E-state index contributed by atoms with van der Waals surface area (Å²) in [5.41, 5.74) is 2.52. The number of amides is 4. The number of aromatic nitrogens is 2. The van der Waals surface area contributed by atoms with E-state index in [9.17, 15) is 29.1 Å². The normalized spacial score (nSPS) is 22.1. The topological polar surface area (TPSA) is 190 Å². The first-order valence-electron chi connectivity index (χ1n) is 20.3. The minimum absolute atomic E-state index is 0.0152. The number of phenolic OH excluding ortho intramolecular Hbond substituents is 1. The third-order valence-electron chi connectivity index (χ3n) is 12.0. The average Bonchev–Trinajstić information content (AvgIpc) is 3.48. The van der Waals surface area contributed by atoms with Crippen molar-refractivity contribution in [2.75, 3.05) is 61.5 Å². The first-order chi connectivity index (χ1) is 27.9. The largest absolute Gasteiger partial charge is 0.507 e. The average molecular weight is 794 g/mol. The quantitative estimate of drug-likeness (QED) is 0.182. The first-order valence-corrected chi connectivity index (χ1v) is 20.3. The number of imide groups is 2. The van der Waals surface area contributed by atoms with Crippen LogP contribution < -0.4 is 20.9 Å². The number of esters is 1. The summed E-state index contributed by atoms with van der Waals surface area (Å²) in [4.78, 5) is 73.0. The standard InChI is InChI=1S/C42H51N9O7/c1-42(2,3)41(57)58-24-50-35(53)12-11-33(39(50)55)51-38(54)29-8-6-9-32(36(29)40(51)56)49-19-15-27(16-20-49)48-17-13-25(14-18-48)43-22-26-23-44-37-31(45-26)21-30(46-47-37)28-7-4-5-10-34(28)52/h4-10,21,25-27,33,43,45,52H,11-20,22-24H2,1-3H3,(H,44,47)/t26-,33?/m1/s1. The minimum Gasteiger partial charge on any atom is -0.507 e. The van der Waals surface area contributed by atoms with Gasteiger partial charge in [0.1, 0.15) is 11.8 Å². The number of rotatable bonds is 9. The van der Waals surface area contributed by atoms with E-state index in [0.717, 1.165) is 80.4 Å². The molecule has 16 heteroatoms. The zero-order valence-corrected chi connectivity index (χ0v) is 33.2. The molecule has 16 nitrogen and oxygen atoms in total. The maximum Gasteiger partial charge on any atom is 0.312 e. The smallest absolute Gasteiger partial charge is 0.312 e. The van der Waals surface area contributed by atoms with Crippen molar-refractivity contribution < 1.29 is 33.8 Å². The van der Waals surface area contributed by atoms with Gasteiger partial charge in [0.05, 0.1) is 39.7 Å². The minimum atomic E-state index is -1.17. The van der Waals surface area contributed by atoms with E-state index >= 15 is 0 Å². The van der Waals surface area contributed by atoms with Crippen molar-refractivity contribution >= 4 is 46.8 Å². The van der Waals surface area contributed by atoms with Crippen molar-refractivity contribution in [3.63, 3.8) is 0 Å². The third-order valence-corrected chi connectivity index (χ3v) is 12.0. The molecule has 3 fully saturated rings. The van der Waals surface area contributed by atoms with Crippen LogP contribution >= 0.6 is 0 Å².